The number of hydrogen-bond acceptors (Lipinski definition) is 10. The Labute approximate surface area is 320 Å². The molecule has 2 N–H and O–H groups in total. The first kappa shape index (κ1) is 36.8. The third-order valence-electron chi connectivity index (χ3n) is 10.2. The molecule has 1 saturated heterocycles. The molecule has 0 saturated carbocycles. The smallest absolute Gasteiger partial charge is 0.416 e. The van der Waals surface area contributed by atoms with Crippen LogP contribution >= 0.6 is 11.6 Å². The van der Waals surface area contributed by atoms with Crippen molar-refractivity contribution >= 4 is 34.9 Å². The molecule has 2 aliphatic rings. The number of rotatable bonds is 6. The molecule has 15 nitrogen and oxygen atoms in total. The predicted molar refractivity (Wildman–Crippen MR) is 195 cm³/mol. The van der Waals surface area contributed by atoms with Crippen LogP contribution in [0.1, 0.15) is 58.9 Å². The van der Waals surface area contributed by atoms with Gasteiger partial charge in [-0.3, -0.25) is 14.4 Å². The van der Waals surface area contributed by atoms with E-state index in [0.717, 1.165) is 39.7 Å². The number of ether oxygens (including phenoxy) is 1. The van der Waals surface area contributed by atoms with Crippen LogP contribution in [0.4, 0.5) is 18.9 Å². The number of nitrogens with zero attached hydrogens (tertiary/aromatic N) is 9. The highest BCUT2D eigenvalue weighted by molar-refractivity contribution is 6.33. The van der Waals surface area contributed by atoms with E-state index in [1.54, 1.807) is 30.8 Å². The molecule has 1 spiro atoms. The Morgan fingerprint density at radius 2 is 1.80 bits per heavy atom. The number of aryl methyl sites for hydroxylation is 2. The van der Waals surface area contributed by atoms with Crippen LogP contribution in [0.2, 0.25) is 5.02 Å². The summed E-state index contributed by atoms with van der Waals surface area (Å²) in [6.07, 6.45) is -3.56. The molecule has 0 radical (unpaired) electrons. The molecule has 0 aliphatic carbocycles. The van der Waals surface area contributed by atoms with Gasteiger partial charge < -0.3 is 24.6 Å². The summed E-state index contributed by atoms with van der Waals surface area (Å²) in [5.74, 6) is -1.18. The lowest BCUT2D eigenvalue weighted by Gasteiger charge is -2.39. The van der Waals surface area contributed by atoms with E-state index in [4.69, 9.17) is 21.3 Å². The van der Waals surface area contributed by atoms with Crippen LogP contribution in [0.5, 0.6) is 5.75 Å². The van der Waals surface area contributed by atoms with E-state index >= 15 is 0 Å². The Morgan fingerprint density at radius 3 is 2.45 bits per heavy atom. The van der Waals surface area contributed by atoms with E-state index in [1.807, 2.05) is 19.1 Å². The second-order valence-corrected chi connectivity index (χ2v) is 14.1. The van der Waals surface area contributed by atoms with Gasteiger partial charge in [0.2, 0.25) is 11.7 Å². The van der Waals surface area contributed by atoms with Gasteiger partial charge in [-0.05, 0) is 57.0 Å². The van der Waals surface area contributed by atoms with Gasteiger partial charge in [-0.15, -0.1) is 10.2 Å². The molecule has 19 heteroatoms. The molecule has 0 bridgehead atoms. The van der Waals surface area contributed by atoms with E-state index in [-0.39, 0.29) is 65.3 Å². The van der Waals surface area contributed by atoms with Gasteiger partial charge in [0.25, 0.3) is 11.5 Å². The highest BCUT2D eigenvalue weighted by Gasteiger charge is 2.50. The summed E-state index contributed by atoms with van der Waals surface area (Å²) in [4.78, 5) is 51.9. The number of aromatic hydroxyl groups is 1. The lowest BCUT2D eigenvalue weighted by Crippen LogP contribution is -2.47. The Bertz CT molecular complexity index is 2590. The van der Waals surface area contributed by atoms with Gasteiger partial charge in [0.05, 0.1) is 45.0 Å². The summed E-state index contributed by atoms with van der Waals surface area (Å²) in [5, 5.41) is 25.3. The number of pyridine rings is 1. The van der Waals surface area contributed by atoms with Crippen molar-refractivity contribution in [3.05, 3.63) is 104 Å². The number of carbonyl (C=O) groups is 2. The SMILES string of the molecule is Cc1nnn(C)c1-c1ccc(-c2nc3n(CC(=O)Nc4ccc(C(F)(F)F)cc4Cl)c4c(c(=O)n3n2)C2(CCN(C(=O)c3ncccc3O)CC2)O[C@@H]4C)cc1. The van der Waals surface area contributed by atoms with E-state index in [2.05, 4.69) is 25.7 Å². The lowest BCUT2D eigenvalue weighted by molar-refractivity contribution is -0.137. The van der Waals surface area contributed by atoms with Gasteiger partial charge in [0.15, 0.2) is 11.5 Å². The number of likely N-dealkylation sites (tertiary alicyclic amines) is 1. The summed E-state index contributed by atoms with van der Waals surface area (Å²) >= 11 is 6.16. The van der Waals surface area contributed by atoms with Gasteiger partial charge in [-0.2, -0.15) is 22.7 Å². The van der Waals surface area contributed by atoms with Gasteiger partial charge in [-0.25, -0.2) is 9.67 Å². The van der Waals surface area contributed by atoms with Crippen molar-refractivity contribution in [2.24, 2.45) is 7.05 Å². The summed E-state index contributed by atoms with van der Waals surface area (Å²) in [7, 11) is 1.78. The number of hydrogen-bond donors (Lipinski definition) is 2. The van der Waals surface area contributed by atoms with Gasteiger partial charge in [-0.1, -0.05) is 41.1 Å². The fourth-order valence-electron chi connectivity index (χ4n) is 7.56. The average molecular weight is 789 g/mol. The minimum Gasteiger partial charge on any atom is -0.505 e. The first-order valence-electron chi connectivity index (χ1n) is 17.4. The largest absolute Gasteiger partial charge is 0.505 e. The second kappa shape index (κ2) is 13.6. The van der Waals surface area contributed by atoms with Crippen molar-refractivity contribution in [3.8, 4) is 28.4 Å². The molecule has 56 heavy (non-hydrogen) atoms. The highest BCUT2D eigenvalue weighted by Crippen LogP contribution is 2.48. The Morgan fingerprint density at radius 1 is 1.09 bits per heavy atom. The molecule has 6 heterocycles. The van der Waals surface area contributed by atoms with Crippen LogP contribution in [-0.2, 0) is 34.9 Å². The molecule has 8 rings (SSSR count). The van der Waals surface area contributed by atoms with Crippen molar-refractivity contribution in [3.63, 3.8) is 0 Å². The number of aromatic nitrogens is 8. The maximum Gasteiger partial charge on any atom is 0.416 e. The fourth-order valence-corrected chi connectivity index (χ4v) is 7.79. The maximum absolute atomic E-state index is 14.6. The lowest BCUT2D eigenvalue weighted by atomic mass is 9.85. The first-order valence-corrected chi connectivity index (χ1v) is 17.8. The molecule has 2 aromatic carbocycles. The molecular formula is C37H32ClF3N10O5. The number of amides is 2. The summed E-state index contributed by atoms with van der Waals surface area (Å²) in [6.45, 7) is 3.46. The minimum atomic E-state index is -4.63. The molecule has 2 aliphatic heterocycles. The van der Waals surface area contributed by atoms with Crippen molar-refractivity contribution in [2.45, 2.75) is 51.1 Å². The third kappa shape index (κ3) is 6.23. The molecular weight excluding hydrogens is 757 g/mol. The van der Waals surface area contributed by atoms with Gasteiger partial charge in [0.1, 0.15) is 17.9 Å². The molecule has 6 aromatic rings. The number of piperidine rings is 1. The standard InChI is InChI=1S/C37H32ClF3N10O5/c1-19-30(48(3)47-45-19)21-6-8-22(9-7-21)32-44-35-50(18-27(53)43-25-11-10-23(17-24(25)38)37(39,40)41)31-20(2)56-36(28(31)33(54)51(35)46-32)12-15-49(16-13-36)34(55)29-26(52)5-4-14-42-29/h4-11,14,17,20,52H,12-13,15-16,18H2,1-3H3,(H,43,53)/t20-/m1/s1. The van der Waals surface area contributed by atoms with E-state index in [1.165, 1.54) is 27.8 Å². The summed E-state index contributed by atoms with van der Waals surface area (Å²) in [6, 6.07) is 12.8. The van der Waals surface area contributed by atoms with Crippen molar-refractivity contribution in [1.82, 2.24) is 44.0 Å². The first-order chi connectivity index (χ1) is 26.6. The Balaban J connectivity index is 1.19. The molecule has 2 amide bonds. The zero-order valence-electron chi connectivity index (χ0n) is 30.0. The summed E-state index contributed by atoms with van der Waals surface area (Å²) < 4.78 is 50.8. The molecule has 288 valence electrons. The number of nitrogens with one attached hydrogen (secondary N) is 1. The third-order valence-corrected chi connectivity index (χ3v) is 10.5. The number of benzene rings is 2. The van der Waals surface area contributed by atoms with Crippen molar-refractivity contribution < 1.29 is 32.6 Å². The number of carbonyl (C=O) groups excluding carboxylic acids is 2. The number of anilines is 1. The molecule has 1 atom stereocenters. The van der Waals surface area contributed by atoms with Crippen LogP contribution < -0.4 is 10.9 Å². The van der Waals surface area contributed by atoms with Gasteiger partial charge >= 0.3 is 6.18 Å². The summed E-state index contributed by atoms with van der Waals surface area (Å²) in [5.41, 5.74) is 0.774. The maximum atomic E-state index is 14.6. The van der Waals surface area contributed by atoms with Crippen molar-refractivity contribution in [1.29, 1.82) is 0 Å². The van der Waals surface area contributed by atoms with Crippen LogP contribution in [0.15, 0.2) is 65.6 Å². The predicted octanol–water partition coefficient (Wildman–Crippen LogP) is 5.30. The minimum absolute atomic E-state index is 0.0268. The van der Waals surface area contributed by atoms with Crippen LogP contribution in [0.25, 0.3) is 28.4 Å². The average Bonchev–Trinajstić information content (AvgIpc) is 3.84. The van der Waals surface area contributed by atoms with Crippen molar-refractivity contribution in [2.75, 3.05) is 18.4 Å². The van der Waals surface area contributed by atoms with Gasteiger partial charge in [0, 0.05) is 37.5 Å². The zero-order valence-corrected chi connectivity index (χ0v) is 30.8. The fraction of sp³-hybridized carbons (Fsp3) is 0.297. The van der Waals surface area contributed by atoms with Crippen LogP contribution in [0.3, 0.4) is 0 Å². The van der Waals surface area contributed by atoms with E-state index < -0.39 is 47.4 Å². The van der Waals surface area contributed by atoms with E-state index in [0.29, 0.717) is 11.3 Å². The van der Waals surface area contributed by atoms with Crippen LogP contribution in [-0.4, -0.2) is 74.1 Å². The monoisotopic (exact) mass is 788 g/mol. The number of alkyl halides is 3. The Kier molecular flexibility index (Phi) is 8.91. The zero-order chi connectivity index (χ0) is 39.7. The second-order valence-electron chi connectivity index (χ2n) is 13.7. The topological polar surface area (TPSA) is 175 Å². The number of fused-ring (bicyclic) bond motifs is 3. The Hall–Kier alpha value is -6.14. The highest BCUT2D eigenvalue weighted by atomic mass is 35.5. The van der Waals surface area contributed by atoms with Crippen LogP contribution in [0, 0.1) is 6.92 Å². The molecule has 4 aromatic heterocycles. The normalized spacial score (nSPS) is 16.4. The molecule has 1 fully saturated rings. The number of halogens is 4. The van der Waals surface area contributed by atoms with E-state index in [9.17, 15) is 32.7 Å². The quantitative estimate of drug-likeness (QED) is 0.226. The molecule has 0 unspecified atom stereocenters.